The number of rotatable bonds is 4. The lowest BCUT2D eigenvalue weighted by Gasteiger charge is -2.25. The summed E-state index contributed by atoms with van der Waals surface area (Å²) in [4.78, 5) is 0. The van der Waals surface area contributed by atoms with E-state index in [4.69, 9.17) is 0 Å². The van der Waals surface area contributed by atoms with Crippen molar-refractivity contribution in [2.45, 2.75) is 45.4 Å². The Hall–Kier alpha value is -1.18. The van der Waals surface area contributed by atoms with Crippen LogP contribution in [0.5, 0.6) is 11.5 Å². The minimum atomic E-state index is -0.0509. The van der Waals surface area contributed by atoms with Gasteiger partial charge in [0.1, 0.15) is 0 Å². The molecule has 2 N–H and O–H groups in total. The van der Waals surface area contributed by atoms with Crippen molar-refractivity contribution in [2.75, 3.05) is 0 Å². The van der Waals surface area contributed by atoms with Crippen molar-refractivity contribution in [1.29, 1.82) is 0 Å². The van der Waals surface area contributed by atoms with Crippen molar-refractivity contribution in [2.24, 2.45) is 0 Å². The van der Waals surface area contributed by atoms with E-state index in [2.05, 4.69) is 20.8 Å². The first-order chi connectivity index (χ1) is 6.97. The van der Waals surface area contributed by atoms with Gasteiger partial charge in [-0.25, -0.2) is 0 Å². The van der Waals surface area contributed by atoms with Gasteiger partial charge in [0.2, 0.25) is 0 Å². The van der Waals surface area contributed by atoms with Crippen LogP contribution in [0.3, 0.4) is 0 Å². The largest absolute Gasteiger partial charge is 0.504 e. The maximum Gasteiger partial charge on any atom is 0.157 e. The quantitative estimate of drug-likeness (QED) is 0.743. The molecular weight excluding hydrogens is 188 g/mol. The molecule has 0 radical (unpaired) electrons. The zero-order chi connectivity index (χ0) is 11.5. The SMILES string of the molecule is CCCCC(C)(C)c1ccc(O)c(O)c1. The van der Waals surface area contributed by atoms with Crippen LogP contribution in [0, 0.1) is 0 Å². The molecule has 15 heavy (non-hydrogen) atoms. The second-order valence-electron chi connectivity index (χ2n) is 4.69. The van der Waals surface area contributed by atoms with Gasteiger partial charge < -0.3 is 10.2 Å². The average molecular weight is 208 g/mol. The maximum absolute atomic E-state index is 9.44. The van der Waals surface area contributed by atoms with E-state index < -0.39 is 0 Å². The Morgan fingerprint density at radius 1 is 1.13 bits per heavy atom. The molecule has 0 heterocycles. The fraction of sp³-hybridized carbons (Fsp3) is 0.538. The first-order valence-electron chi connectivity index (χ1n) is 5.50. The van der Waals surface area contributed by atoms with E-state index in [1.54, 1.807) is 12.1 Å². The smallest absolute Gasteiger partial charge is 0.157 e. The third-order valence-electron chi connectivity index (χ3n) is 2.91. The lowest BCUT2D eigenvalue weighted by Crippen LogP contribution is -2.16. The van der Waals surface area contributed by atoms with Gasteiger partial charge in [-0.1, -0.05) is 39.7 Å². The van der Waals surface area contributed by atoms with Crippen molar-refractivity contribution in [3.05, 3.63) is 23.8 Å². The van der Waals surface area contributed by atoms with Crippen LogP contribution in [0.15, 0.2) is 18.2 Å². The third-order valence-corrected chi connectivity index (χ3v) is 2.91. The van der Waals surface area contributed by atoms with E-state index in [-0.39, 0.29) is 16.9 Å². The topological polar surface area (TPSA) is 40.5 Å². The van der Waals surface area contributed by atoms with Crippen LogP contribution in [0.2, 0.25) is 0 Å². The fourth-order valence-corrected chi connectivity index (χ4v) is 1.71. The van der Waals surface area contributed by atoms with Crippen LogP contribution in [0.25, 0.3) is 0 Å². The van der Waals surface area contributed by atoms with Crippen molar-refractivity contribution < 1.29 is 10.2 Å². The Morgan fingerprint density at radius 2 is 1.80 bits per heavy atom. The molecule has 0 aliphatic heterocycles. The molecule has 2 nitrogen and oxygen atoms in total. The molecule has 84 valence electrons. The summed E-state index contributed by atoms with van der Waals surface area (Å²) in [6.45, 7) is 6.49. The summed E-state index contributed by atoms with van der Waals surface area (Å²) in [5.41, 5.74) is 1.13. The number of benzene rings is 1. The predicted molar refractivity (Wildman–Crippen MR) is 62.3 cm³/mol. The Labute approximate surface area is 91.6 Å². The lowest BCUT2D eigenvalue weighted by atomic mass is 9.80. The van der Waals surface area contributed by atoms with Gasteiger partial charge in [0.25, 0.3) is 0 Å². The molecule has 0 aliphatic rings. The number of phenolic OH excluding ortho intramolecular Hbond substituents is 2. The molecule has 1 rings (SSSR count). The van der Waals surface area contributed by atoms with Crippen LogP contribution in [-0.2, 0) is 5.41 Å². The Bertz CT molecular complexity index is 329. The second-order valence-corrected chi connectivity index (χ2v) is 4.69. The molecular formula is C13H20O2. The summed E-state index contributed by atoms with van der Waals surface area (Å²) >= 11 is 0. The first-order valence-corrected chi connectivity index (χ1v) is 5.50. The van der Waals surface area contributed by atoms with Crippen molar-refractivity contribution in [3.63, 3.8) is 0 Å². The van der Waals surface area contributed by atoms with E-state index in [0.29, 0.717) is 0 Å². The second kappa shape index (κ2) is 4.56. The highest BCUT2D eigenvalue weighted by Gasteiger charge is 2.20. The summed E-state index contributed by atoms with van der Waals surface area (Å²) in [7, 11) is 0. The Morgan fingerprint density at radius 3 is 2.33 bits per heavy atom. The van der Waals surface area contributed by atoms with Gasteiger partial charge in [-0.15, -0.1) is 0 Å². The molecule has 0 spiro atoms. The van der Waals surface area contributed by atoms with E-state index in [1.807, 2.05) is 6.07 Å². The molecule has 0 atom stereocenters. The summed E-state index contributed by atoms with van der Waals surface area (Å²) < 4.78 is 0. The van der Waals surface area contributed by atoms with E-state index in [1.165, 1.54) is 12.8 Å². The van der Waals surface area contributed by atoms with Crippen LogP contribution < -0.4 is 0 Å². The maximum atomic E-state index is 9.44. The highest BCUT2D eigenvalue weighted by molar-refractivity contribution is 5.42. The van der Waals surface area contributed by atoms with Crippen molar-refractivity contribution in [3.8, 4) is 11.5 Å². The summed E-state index contributed by atoms with van der Waals surface area (Å²) in [6.07, 6.45) is 3.44. The summed E-state index contributed by atoms with van der Waals surface area (Å²) in [5.74, 6) is -0.0814. The molecule has 2 heteroatoms. The summed E-state index contributed by atoms with van der Waals surface area (Å²) in [6, 6.07) is 5.09. The van der Waals surface area contributed by atoms with Gasteiger partial charge >= 0.3 is 0 Å². The van der Waals surface area contributed by atoms with E-state index in [9.17, 15) is 10.2 Å². The van der Waals surface area contributed by atoms with E-state index >= 15 is 0 Å². The normalized spacial score (nSPS) is 11.7. The average Bonchev–Trinajstić information content (AvgIpc) is 2.19. The van der Waals surface area contributed by atoms with Crippen molar-refractivity contribution in [1.82, 2.24) is 0 Å². The van der Waals surface area contributed by atoms with Crippen LogP contribution in [-0.4, -0.2) is 10.2 Å². The van der Waals surface area contributed by atoms with Gasteiger partial charge in [0, 0.05) is 0 Å². The highest BCUT2D eigenvalue weighted by atomic mass is 16.3. The fourth-order valence-electron chi connectivity index (χ4n) is 1.71. The van der Waals surface area contributed by atoms with Crippen LogP contribution >= 0.6 is 0 Å². The Kier molecular flexibility index (Phi) is 3.61. The minimum Gasteiger partial charge on any atom is -0.504 e. The third kappa shape index (κ3) is 2.88. The molecule has 0 amide bonds. The Balaban J connectivity index is 2.89. The molecule has 0 bridgehead atoms. The standard InChI is InChI=1S/C13H20O2/c1-4-5-8-13(2,3)10-6-7-11(14)12(15)9-10/h6-7,9,14-15H,4-5,8H2,1-3H3. The van der Waals surface area contributed by atoms with Crippen LogP contribution in [0.1, 0.15) is 45.6 Å². The van der Waals surface area contributed by atoms with Gasteiger partial charge in [0.15, 0.2) is 11.5 Å². The van der Waals surface area contributed by atoms with Crippen molar-refractivity contribution >= 4 is 0 Å². The first kappa shape index (κ1) is 11.9. The monoisotopic (exact) mass is 208 g/mol. The lowest BCUT2D eigenvalue weighted by molar-refractivity contribution is 0.398. The van der Waals surface area contributed by atoms with Crippen LogP contribution in [0.4, 0.5) is 0 Å². The predicted octanol–water partition coefficient (Wildman–Crippen LogP) is 3.57. The zero-order valence-electron chi connectivity index (χ0n) is 9.75. The molecule has 0 saturated heterocycles. The molecule has 0 aliphatic carbocycles. The molecule has 0 aromatic heterocycles. The molecule has 1 aromatic rings. The number of phenols is 2. The number of hydrogen-bond donors (Lipinski definition) is 2. The van der Waals surface area contributed by atoms with Gasteiger partial charge in [0.05, 0.1) is 0 Å². The summed E-state index contributed by atoms with van der Waals surface area (Å²) in [5, 5.41) is 18.7. The molecule has 1 aromatic carbocycles. The number of hydrogen-bond acceptors (Lipinski definition) is 2. The minimum absolute atomic E-state index is 0.0305. The van der Waals surface area contributed by atoms with Gasteiger partial charge in [-0.2, -0.15) is 0 Å². The molecule has 0 fully saturated rings. The molecule has 0 saturated carbocycles. The number of unbranched alkanes of at least 4 members (excludes halogenated alkanes) is 1. The molecule has 0 unspecified atom stereocenters. The van der Waals surface area contributed by atoms with Gasteiger partial charge in [-0.05, 0) is 29.5 Å². The van der Waals surface area contributed by atoms with Gasteiger partial charge in [-0.3, -0.25) is 0 Å². The van der Waals surface area contributed by atoms with E-state index in [0.717, 1.165) is 12.0 Å². The highest BCUT2D eigenvalue weighted by Crippen LogP contribution is 2.34. The number of aromatic hydroxyl groups is 2. The zero-order valence-corrected chi connectivity index (χ0v) is 9.75.